The van der Waals surface area contributed by atoms with Gasteiger partial charge in [-0.25, -0.2) is 9.78 Å². The second-order valence-electron chi connectivity index (χ2n) is 9.71. The molecule has 0 amide bonds. The fraction of sp³-hybridized carbons (Fsp3) is 0.333. The zero-order chi connectivity index (χ0) is 25.8. The summed E-state index contributed by atoms with van der Waals surface area (Å²) < 4.78 is 12.5. The van der Waals surface area contributed by atoms with E-state index >= 15 is 0 Å². The number of fused-ring (bicyclic) bond motifs is 2. The SMILES string of the molecule is CC(C)OC(=O)COc1ccc2ccccc2c1C=Nn1c(C2CCCCC2)nc2ccccc2c1=O. The summed E-state index contributed by atoms with van der Waals surface area (Å²) in [6.07, 6.45) is 6.83. The molecule has 0 radical (unpaired) electrons. The van der Waals surface area contributed by atoms with Crippen LogP contribution in [0, 0.1) is 0 Å². The third-order valence-electron chi connectivity index (χ3n) is 6.69. The van der Waals surface area contributed by atoms with Crippen LogP contribution in [0.4, 0.5) is 0 Å². The molecule has 0 aliphatic heterocycles. The summed E-state index contributed by atoms with van der Waals surface area (Å²) in [6, 6.07) is 19.0. The van der Waals surface area contributed by atoms with Crippen molar-refractivity contribution in [3.05, 3.63) is 82.4 Å². The van der Waals surface area contributed by atoms with Crippen molar-refractivity contribution in [1.82, 2.24) is 9.66 Å². The molecule has 4 aromatic rings. The van der Waals surface area contributed by atoms with Crippen LogP contribution >= 0.6 is 0 Å². The highest BCUT2D eigenvalue weighted by molar-refractivity contribution is 6.02. The molecular formula is C30H31N3O4. The van der Waals surface area contributed by atoms with Crippen molar-refractivity contribution in [2.45, 2.75) is 58.0 Å². The third kappa shape index (κ3) is 5.40. The lowest BCUT2D eigenvalue weighted by Crippen LogP contribution is -2.25. The maximum Gasteiger partial charge on any atom is 0.344 e. The predicted molar refractivity (Wildman–Crippen MR) is 145 cm³/mol. The van der Waals surface area contributed by atoms with Gasteiger partial charge < -0.3 is 9.47 Å². The quantitative estimate of drug-likeness (QED) is 0.238. The molecule has 1 heterocycles. The fourth-order valence-corrected chi connectivity index (χ4v) is 4.96. The Morgan fingerprint density at radius 2 is 1.76 bits per heavy atom. The Balaban J connectivity index is 1.60. The van der Waals surface area contributed by atoms with Crippen LogP contribution < -0.4 is 10.3 Å². The molecule has 37 heavy (non-hydrogen) atoms. The minimum absolute atomic E-state index is 0.178. The number of carbonyl (C=O) groups is 1. The average Bonchev–Trinajstić information content (AvgIpc) is 2.91. The fourth-order valence-electron chi connectivity index (χ4n) is 4.96. The van der Waals surface area contributed by atoms with E-state index in [0.29, 0.717) is 28.0 Å². The standard InChI is InChI=1S/C30H31N3O4/c1-20(2)37-28(34)19-36-27-17-16-21-10-6-7-13-23(21)25(27)18-31-33-29(22-11-4-3-5-12-22)32-26-15-9-8-14-24(26)30(33)35/h6-10,13-18,20,22H,3-5,11-12,19H2,1-2H3. The van der Waals surface area contributed by atoms with E-state index in [4.69, 9.17) is 19.6 Å². The topological polar surface area (TPSA) is 82.8 Å². The van der Waals surface area contributed by atoms with E-state index in [1.807, 2.05) is 54.6 Å². The van der Waals surface area contributed by atoms with E-state index in [9.17, 15) is 9.59 Å². The molecular weight excluding hydrogens is 466 g/mol. The Morgan fingerprint density at radius 1 is 1.03 bits per heavy atom. The summed E-state index contributed by atoms with van der Waals surface area (Å²) in [6.45, 7) is 3.37. The monoisotopic (exact) mass is 497 g/mol. The first-order valence-corrected chi connectivity index (χ1v) is 12.9. The van der Waals surface area contributed by atoms with E-state index in [-0.39, 0.29) is 24.2 Å². The number of hydrogen-bond donors (Lipinski definition) is 0. The minimum atomic E-state index is -0.444. The number of benzene rings is 3. The van der Waals surface area contributed by atoms with Crippen molar-refractivity contribution < 1.29 is 14.3 Å². The lowest BCUT2D eigenvalue weighted by atomic mass is 9.88. The van der Waals surface area contributed by atoms with Gasteiger partial charge in [0.05, 0.1) is 23.2 Å². The summed E-state index contributed by atoms with van der Waals surface area (Å²) >= 11 is 0. The van der Waals surface area contributed by atoms with Crippen molar-refractivity contribution in [2.75, 3.05) is 6.61 Å². The van der Waals surface area contributed by atoms with Gasteiger partial charge in [0, 0.05) is 11.5 Å². The number of ether oxygens (including phenoxy) is 2. The van der Waals surface area contributed by atoms with E-state index in [2.05, 4.69) is 0 Å². The van der Waals surface area contributed by atoms with E-state index in [1.54, 1.807) is 26.1 Å². The molecule has 1 aliphatic rings. The summed E-state index contributed by atoms with van der Waals surface area (Å²) in [5, 5.41) is 7.14. The molecule has 190 valence electrons. The lowest BCUT2D eigenvalue weighted by molar-refractivity contribution is -0.149. The maximum atomic E-state index is 13.6. The van der Waals surface area contributed by atoms with Gasteiger partial charge in [0.2, 0.25) is 0 Å². The van der Waals surface area contributed by atoms with Gasteiger partial charge in [-0.1, -0.05) is 61.7 Å². The Kier molecular flexibility index (Phi) is 7.30. The molecule has 1 aromatic heterocycles. The van der Waals surface area contributed by atoms with Crippen molar-refractivity contribution in [3.8, 4) is 5.75 Å². The first kappa shape index (κ1) is 24.7. The number of esters is 1. The molecule has 1 aliphatic carbocycles. The first-order chi connectivity index (χ1) is 18.0. The molecule has 0 bridgehead atoms. The average molecular weight is 498 g/mol. The molecule has 1 saturated carbocycles. The highest BCUT2D eigenvalue weighted by Crippen LogP contribution is 2.32. The summed E-state index contributed by atoms with van der Waals surface area (Å²) in [4.78, 5) is 30.6. The van der Waals surface area contributed by atoms with Crippen LogP contribution in [0.25, 0.3) is 21.7 Å². The van der Waals surface area contributed by atoms with E-state index < -0.39 is 5.97 Å². The Labute approximate surface area is 215 Å². The predicted octanol–water partition coefficient (Wildman–Crippen LogP) is 5.81. The number of hydrogen-bond acceptors (Lipinski definition) is 6. The van der Waals surface area contributed by atoms with Gasteiger partial charge in [-0.15, -0.1) is 0 Å². The molecule has 7 heteroatoms. The van der Waals surface area contributed by atoms with Crippen LogP contribution in [-0.4, -0.2) is 34.6 Å². The van der Waals surface area contributed by atoms with Crippen LogP contribution in [0.5, 0.6) is 5.75 Å². The highest BCUT2D eigenvalue weighted by atomic mass is 16.6. The smallest absolute Gasteiger partial charge is 0.344 e. The number of rotatable bonds is 7. The summed E-state index contributed by atoms with van der Waals surface area (Å²) in [5.41, 5.74) is 1.19. The molecule has 5 rings (SSSR count). The summed E-state index contributed by atoms with van der Waals surface area (Å²) in [7, 11) is 0. The van der Waals surface area contributed by atoms with Gasteiger partial charge >= 0.3 is 5.97 Å². The number of aromatic nitrogens is 2. The van der Waals surface area contributed by atoms with Gasteiger partial charge in [-0.3, -0.25) is 4.79 Å². The normalized spacial score (nSPS) is 14.6. The molecule has 1 fully saturated rings. The number of carbonyl (C=O) groups excluding carboxylic acids is 1. The van der Waals surface area contributed by atoms with Crippen molar-refractivity contribution in [3.63, 3.8) is 0 Å². The van der Waals surface area contributed by atoms with Crippen molar-refractivity contribution in [2.24, 2.45) is 5.10 Å². The Morgan fingerprint density at radius 3 is 2.54 bits per heavy atom. The van der Waals surface area contributed by atoms with Gasteiger partial charge in [0.25, 0.3) is 5.56 Å². The molecule has 0 atom stereocenters. The molecule has 0 N–H and O–H groups in total. The van der Waals surface area contributed by atoms with Gasteiger partial charge in [0.1, 0.15) is 11.6 Å². The summed E-state index contributed by atoms with van der Waals surface area (Å²) in [5.74, 6) is 0.921. The molecule has 3 aromatic carbocycles. The largest absolute Gasteiger partial charge is 0.481 e. The van der Waals surface area contributed by atoms with Crippen LogP contribution in [0.1, 0.15) is 63.3 Å². The van der Waals surface area contributed by atoms with Crippen molar-refractivity contribution >= 4 is 33.9 Å². The van der Waals surface area contributed by atoms with Gasteiger partial charge in [-0.2, -0.15) is 9.78 Å². The zero-order valence-corrected chi connectivity index (χ0v) is 21.2. The van der Waals surface area contributed by atoms with Crippen LogP contribution in [0.2, 0.25) is 0 Å². The van der Waals surface area contributed by atoms with Crippen molar-refractivity contribution in [1.29, 1.82) is 0 Å². The maximum absolute atomic E-state index is 13.6. The minimum Gasteiger partial charge on any atom is -0.481 e. The zero-order valence-electron chi connectivity index (χ0n) is 21.2. The Hall–Kier alpha value is -4.00. The number of para-hydroxylation sites is 1. The molecule has 7 nitrogen and oxygen atoms in total. The second-order valence-corrected chi connectivity index (χ2v) is 9.71. The molecule has 0 saturated heterocycles. The number of nitrogens with zero attached hydrogens (tertiary/aromatic N) is 3. The van der Waals surface area contributed by atoms with Crippen LogP contribution in [0.3, 0.4) is 0 Å². The van der Waals surface area contributed by atoms with Gasteiger partial charge in [0.15, 0.2) is 6.61 Å². The van der Waals surface area contributed by atoms with Crippen LogP contribution in [0.15, 0.2) is 70.6 Å². The molecule has 0 spiro atoms. The second kappa shape index (κ2) is 10.9. The Bertz CT molecular complexity index is 1520. The lowest BCUT2D eigenvalue weighted by Gasteiger charge is -2.22. The molecule has 0 unspecified atom stereocenters. The van der Waals surface area contributed by atoms with E-state index in [1.165, 1.54) is 11.1 Å². The van der Waals surface area contributed by atoms with Gasteiger partial charge in [-0.05, 0) is 55.7 Å². The third-order valence-corrected chi connectivity index (χ3v) is 6.69. The first-order valence-electron chi connectivity index (χ1n) is 12.9. The van der Waals surface area contributed by atoms with E-state index in [0.717, 1.165) is 36.5 Å². The highest BCUT2D eigenvalue weighted by Gasteiger charge is 2.22. The van der Waals surface area contributed by atoms with Crippen LogP contribution in [-0.2, 0) is 9.53 Å².